The quantitative estimate of drug-likeness (QED) is 0.331. The van der Waals surface area contributed by atoms with Gasteiger partial charge in [-0.1, -0.05) is 12.0 Å². The highest BCUT2D eigenvalue weighted by molar-refractivity contribution is 7.80. The Morgan fingerprint density at radius 3 is 2.00 bits per heavy atom. The summed E-state index contributed by atoms with van der Waals surface area (Å²) in [7, 11) is 0. The molecular formula is C16H12F6N2S. The lowest BCUT2D eigenvalue weighted by Gasteiger charge is -2.16. The third-order valence-electron chi connectivity index (χ3n) is 2.69. The van der Waals surface area contributed by atoms with E-state index in [9.17, 15) is 26.3 Å². The van der Waals surface area contributed by atoms with E-state index in [0.29, 0.717) is 17.8 Å². The first-order valence-corrected chi connectivity index (χ1v) is 7.04. The van der Waals surface area contributed by atoms with Crippen LogP contribution in [0.5, 0.6) is 0 Å². The van der Waals surface area contributed by atoms with Gasteiger partial charge in [0, 0.05) is 17.5 Å². The fraction of sp³-hybridized carbons (Fsp3) is 0.188. The van der Waals surface area contributed by atoms with E-state index in [0.717, 1.165) is 0 Å². The number of rotatable bonds is 3. The summed E-state index contributed by atoms with van der Waals surface area (Å²) < 4.78 is 76.8. The number of allylic oxidation sites excluding steroid dienone is 3. The van der Waals surface area contributed by atoms with Crippen molar-refractivity contribution in [2.75, 3.05) is 5.32 Å². The number of nitrogens with one attached hydrogen (secondary N) is 2. The topological polar surface area (TPSA) is 24.1 Å². The Morgan fingerprint density at radius 1 is 1.08 bits per heavy atom. The number of thiocarbonyl (C=S) groups is 1. The Bertz CT molecular complexity index is 706. The van der Waals surface area contributed by atoms with Crippen molar-refractivity contribution < 1.29 is 26.3 Å². The summed E-state index contributed by atoms with van der Waals surface area (Å²) in [6.07, 6.45) is -0.329. The average Bonchev–Trinajstić information content (AvgIpc) is 2.45. The SMILES string of the molecule is C#C/C=C(\C=C/C)NC(=S)Nc1cc(C(F)(F)F)cc(C(F)(F)F)c1. The van der Waals surface area contributed by atoms with E-state index in [2.05, 4.69) is 16.6 Å². The number of terminal acetylenes is 1. The van der Waals surface area contributed by atoms with Gasteiger partial charge in [-0.25, -0.2) is 0 Å². The van der Waals surface area contributed by atoms with Crippen LogP contribution in [0.4, 0.5) is 32.0 Å². The number of halogens is 6. The molecule has 0 bridgehead atoms. The zero-order chi connectivity index (χ0) is 19.3. The third-order valence-corrected chi connectivity index (χ3v) is 2.89. The lowest BCUT2D eigenvalue weighted by atomic mass is 10.1. The second-order valence-electron chi connectivity index (χ2n) is 4.64. The first kappa shape index (κ1) is 20.6. The number of benzene rings is 1. The molecule has 9 heteroatoms. The van der Waals surface area contributed by atoms with E-state index in [1.165, 1.54) is 12.2 Å². The second kappa shape index (κ2) is 8.07. The van der Waals surface area contributed by atoms with E-state index in [-0.39, 0.29) is 11.2 Å². The molecule has 0 spiro atoms. The van der Waals surface area contributed by atoms with Gasteiger partial charge in [-0.05, 0) is 43.4 Å². The highest BCUT2D eigenvalue weighted by atomic mass is 32.1. The standard InChI is InChI=1S/C16H12F6N2S/c1-3-5-12(6-4-2)23-14(25)24-13-8-10(15(17,18)19)7-11(9-13)16(20,21)22/h1,4-9H,2H3,(H2,23,24,25)/b6-4-,12-5+. The molecule has 0 saturated carbocycles. The van der Waals surface area contributed by atoms with Crippen LogP contribution < -0.4 is 10.6 Å². The molecule has 0 amide bonds. The molecule has 1 aromatic carbocycles. The fourth-order valence-corrected chi connectivity index (χ4v) is 1.95. The summed E-state index contributed by atoms with van der Waals surface area (Å²) in [5.74, 6) is 2.22. The number of alkyl halides is 6. The van der Waals surface area contributed by atoms with E-state index < -0.39 is 29.2 Å². The zero-order valence-corrected chi connectivity index (χ0v) is 13.5. The van der Waals surface area contributed by atoms with Crippen molar-refractivity contribution in [3.63, 3.8) is 0 Å². The second-order valence-corrected chi connectivity index (χ2v) is 5.05. The van der Waals surface area contributed by atoms with Gasteiger partial charge in [-0.15, -0.1) is 6.42 Å². The van der Waals surface area contributed by atoms with Crippen LogP contribution in [0.15, 0.2) is 42.1 Å². The summed E-state index contributed by atoms with van der Waals surface area (Å²) in [5.41, 5.74) is -3.01. The molecule has 25 heavy (non-hydrogen) atoms. The molecule has 0 aliphatic carbocycles. The Labute approximate surface area is 145 Å². The van der Waals surface area contributed by atoms with E-state index in [4.69, 9.17) is 18.6 Å². The molecule has 0 aliphatic heterocycles. The van der Waals surface area contributed by atoms with Crippen LogP contribution in [0.2, 0.25) is 0 Å². The van der Waals surface area contributed by atoms with Gasteiger partial charge in [-0.2, -0.15) is 26.3 Å². The largest absolute Gasteiger partial charge is 0.416 e. The summed E-state index contributed by atoms with van der Waals surface area (Å²) in [6, 6.07) is 1.10. The molecule has 0 fully saturated rings. The summed E-state index contributed by atoms with van der Waals surface area (Å²) in [6.45, 7) is 1.69. The molecule has 0 atom stereocenters. The molecule has 1 rings (SSSR count). The average molecular weight is 378 g/mol. The lowest BCUT2D eigenvalue weighted by molar-refractivity contribution is -0.143. The Hall–Kier alpha value is -2.47. The molecule has 0 heterocycles. The molecule has 0 radical (unpaired) electrons. The molecule has 134 valence electrons. The zero-order valence-electron chi connectivity index (χ0n) is 12.7. The predicted octanol–water partition coefficient (Wildman–Crippen LogP) is 5.10. The minimum Gasteiger partial charge on any atom is -0.332 e. The highest BCUT2D eigenvalue weighted by Crippen LogP contribution is 2.37. The van der Waals surface area contributed by atoms with E-state index in [1.807, 2.05) is 0 Å². The number of hydrogen-bond acceptors (Lipinski definition) is 1. The Morgan fingerprint density at radius 2 is 1.60 bits per heavy atom. The minimum absolute atomic E-state index is 0.0329. The van der Waals surface area contributed by atoms with Gasteiger partial charge in [-0.3, -0.25) is 0 Å². The molecular weight excluding hydrogens is 366 g/mol. The number of hydrogen-bond donors (Lipinski definition) is 2. The van der Waals surface area contributed by atoms with Crippen molar-refractivity contribution >= 4 is 23.0 Å². The Kier molecular flexibility index (Phi) is 6.64. The van der Waals surface area contributed by atoms with Crippen LogP contribution in [0.3, 0.4) is 0 Å². The first-order valence-electron chi connectivity index (χ1n) is 6.64. The van der Waals surface area contributed by atoms with Crippen molar-refractivity contribution in [2.24, 2.45) is 0 Å². The van der Waals surface area contributed by atoms with Gasteiger partial charge in [0.2, 0.25) is 0 Å². The maximum atomic E-state index is 12.8. The van der Waals surface area contributed by atoms with Gasteiger partial charge in [0.25, 0.3) is 0 Å². The molecule has 1 aromatic rings. The van der Waals surface area contributed by atoms with Crippen LogP contribution in [-0.4, -0.2) is 5.11 Å². The molecule has 0 aromatic heterocycles. The fourth-order valence-electron chi connectivity index (χ4n) is 1.72. The lowest BCUT2D eigenvalue weighted by Crippen LogP contribution is -2.27. The maximum absolute atomic E-state index is 12.8. The van der Waals surface area contributed by atoms with Crippen molar-refractivity contribution in [2.45, 2.75) is 19.3 Å². The van der Waals surface area contributed by atoms with Crippen molar-refractivity contribution in [1.82, 2.24) is 5.32 Å². The normalized spacial score (nSPS) is 12.8. The maximum Gasteiger partial charge on any atom is 0.416 e. The minimum atomic E-state index is -4.94. The van der Waals surface area contributed by atoms with E-state index in [1.54, 1.807) is 13.0 Å². The monoisotopic (exact) mass is 378 g/mol. The van der Waals surface area contributed by atoms with Crippen LogP contribution in [-0.2, 0) is 12.4 Å². The highest BCUT2D eigenvalue weighted by Gasteiger charge is 2.37. The molecule has 0 aliphatic rings. The third kappa shape index (κ3) is 6.51. The first-order chi connectivity index (χ1) is 11.5. The number of anilines is 1. The van der Waals surface area contributed by atoms with Crippen molar-refractivity contribution in [3.8, 4) is 12.3 Å². The molecule has 0 saturated heterocycles. The van der Waals surface area contributed by atoms with Crippen LogP contribution in [0.25, 0.3) is 0 Å². The van der Waals surface area contributed by atoms with Gasteiger partial charge in [0.15, 0.2) is 5.11 Å². The molecule has 2 nitrogen and oxygen atoms in total. The van der Waals surface area contributed by atoms with Gasteiger partial charge in [0.05, 0.1) is 11.1 Å². The van der Waals surface area contributed by atoms with Crippen molar-refractivity contribution in [1.29, 1.82) is 0 Å². The Balaban J connectivity index is 3.15. The van der Waals surface area contributed by atoms with Gasteiger partial charge in [0.1, 0.15) is 0 Å². The smallest absolute Gasteiger partial charge is 0.332 e. The summed E-state index contributed by atoms with van der Waals surface area (Å²) in [5, 5.41) is 4.65. The van der Waals surface area contributed by atoms with Crippen LogP contribution >= 0.6 is 12.2 Å². The summed E-state index contributed by atoms with van der Waals surface area (Å²) in [4.78, 5) is 0. The van der Waals surface area contributed by atoms with Crippen LogP contribution in [0, 0.1) is 12.3 Å². The molecule has 0 unspecified atom stereocenters. The predicted molar refractivity (Wildman–Crippen MR) is 87.5 cm³/mol. The van der Waals surface area contributed by atoms with Gasteiger partial charge < -0.3 is 10.6 Å². The van der Waals surface area contributed by atoms with Gasteiger partial charge >= 0.3 is 12.4 Å². The molecule has 2 N–H and O–H groups in total. The van der Waals surface area contributed by atoms with Crippen molar-refractivity contribution in [3.05, 3.63) is 53.3 Å². The van der Waals surface area contributed by atoms with Crippen LogP contribution in [0.1, 0.15) is 18.1 Å². The summed E-state index contributed by atoms with van der Waals surface area (Å²) >= 11 is 4.89. The van der Waals surface area contributed by atoms with E-state index >= 15 is 0 Å².